The Balaban J connectivity index is 2.00. The molecule has 1 aromatic heterocycles. The van der Waals surface area contributed by atoms with Gasteiger partial charge in [-0.1, -0.05) is 25.8 Å². The normalized spacial score (nSPS) is 27.4. The first-order valence-corrected chi connectivity index (χ1v) is 8.46. The summed E-state index contributed by atoms with van der Waals surface area (Å²) in [7, 11) is 2.25. The zero-order chi connectivity index (χ0) is 13.8. The molecule has 1 fully saturated rings. The maximum atomic E-state index is 6.09. The fourth-order valence-corrected chi connectivity index (χ4v) is 4.21. The van der Waals surface area contributed by atoms with E-state index in [4.69, 9.17) is 5.73 Å². The van der Waals surface area contributed by atoms with Crippen molar-refractivity contribution in [2.45, 2.75) is 51.6 Å². The SMILES string of the molecule is CC1CCC(C(CN)N(C)C(C)c2cccs2)CC1. The number of nitrogens with two attached hydrogens (primary N) is 1. The number of nitrogens with zero attached hydrogens (tertiary/aromatic N) is 1. The molecule has 2 rings (SSSR count). The fourth-order valence-electron chi connectivity index (χ4n) is 3.38. The van der Waals surface area contributed by atoms with Gasteiger partial charge in [0.15, 0.2) is 0 Å². The van der Waals surface area contributed by atoms with Crippen molar-refractivity contribution in [3.05, 3.63) is 22.4 Å². The van der Waals surface area contributed by atoms with Gasteiger partial charge in [-0.05, 0) is 50.1 Å². The molecule has 2 nitrogen and oxygen atoms in total. The second kappa shape index (κ2) is 6.87. The molecule has 108 valence electrons. The molecule has 1 aliphatic carbocycles. The van der Waals surface area contributed by atoms with E-state index in [0.29, 0.717) is 12.1 Å². The molecule has 19 heavy (non-hydrogen) atoms. The minimum absolute atomic E-state index is 0.480. The molecule has 2 unspecified atom stereocenters. The Morgan fingerprint density at radius 2 is 2.05 bits per heavy atom. The van der Waals surface area contributed by atoms with Gasteiger partial charge in [0.2, 0.25) is 0 Å². The fraction of sp³-hybridized carbons (Fsp3) is 0.750. The van der Waals surface area contributed by atoms with E-state index >= 15 is 0 Å². The molecule has 0 aliphatic heterocycles. The van der Waals surface area contributed by atoms with E-state index in [1.165, 1.54) is 30.6 Å². The average molecular weight is 280 g/mol. The van der Waals surface area contributed by atoms with E-state index < -0.39 is 0 Å². The molecular weight excluding hydrogens is 252 g/mol. The van der Waals surface area contributed by atoms with Gasteiger partial charge in [-0.25, -0.2) is 0 Å². The van der Waals surface area contributed by atoms with Crippen LogP contribution >= 0.6 is 11.3 Å². The van der Waals surface area contributed by atoms with Crippen molar-refractivity contribution in [3.8, 4) is 0 Å². The van der Waals surface area contributed by atoms with Crippen molar-refractivity contribution < 1.29 is 0 Å². The summed E-state index contributed by atoms with van der Waals surface area (Å²) in [4.78, 5) is 3.96. The third-order valence-corrected chi connectivity index (χ3v) is 5.98. The van der Waals surface area contributed by atoms with Crippen molar-refractivity contribution in [3.63, 3.8) is 0 Å². The summed E-state index contributed by atoms with van der Waals surface area (Å²) >= 11 is 1.85. The maximum absolute atomic E-state index is 6.09. The Morgan fingerprint density at radius 1 is 1.37 bits per heavy atom. The lowest BCUT2D eigenvalue weighted by Crippen LogP contribution is -2.45. The van der Waals surface area contributed by atoms with Crippen LogP contribution in [0.25, 0.3) is 0 Å². The largest absolute Gasteiger partial charge is 0.329 e. The Kier molecular flexibility index (Phi) is 5.43. The van der Waals surface area contributed by atoms with Gasteiger partial charge in [0.25, 0.3) is 0 Å². The predicted molar refractivity (Wildman–Crippen MR) is 84.5 cm³/mol. The lowest BCUT2D eigenvalue weighted by Gasteiger charge is -2.40. The zero-order valence-electron chi connectivity index (χ0n) is 12.5. The van der Waals surface area contributed by atoms with Crippen LogP contribution in [0.5, 0.6) is 0 Å². The van der Waals surface area contributed by atoms with Crippen molar-refractivity contribution in [2.75, 3.05) is 13.6 Å². The lowest BCUT2D eigenvalue weighted by atomic mass is 9.78. The van der Waals surface area contributed by atoms with Gasteiger partial charge < -0.3 is 5.73 Å². The van der Waals surface area contributed by atoms with E-state index in [-0.39, 0.29) is 0 Å². The number of thiophene rings is 1. The van der Waals surface area contributed by atoms with Crippen LogP contribution in [0.15, 0.2) is 17.5 Å². The standard InChI is InChI=1S/C16H28N2S/c1-12-6-8-14(9-7-12)15(11-17)18(3)13(2)16-5-4-10-19-16/h4-5,10,12-15H,6-9,11,17H2,1-3H3. The van der Waals surface area contributed by atoms with E-state index in [9.17, 15) is 0 Å². The first kappa shape index (κ1) is 15.0. The second-order valence-corrected chi connectivity index (χ2v) is 7.16. The molecule has 2 atom stereocenters. The summed E-state index contributed by atoms with van der Waals surface area (Å²) in [6, 6.07) is 5.39. The first-order valence-electron chi connectivity index (χ1n) is 7.58. The maximum Gasteiger partial charge on any atom is 0.0413 e. The number of hydrogen-bond acceptors (Lipinski definition) is 3. The van der Waals surface area contributed by atoms with Crippen LogP contribution in [0.1, 0.15) is 50.4 Å². The molecule has 1 saturated carbocycles. The van der Waals surface area contributed by atoms with Crippen molar-refractivity contribution in [2.24, 2.45) is 17.6 Å². The highest BCUT2D eigenvalue weighted by molar-refractivity contribution is 7.10. The van der Waals surface area contributed by atoms with Gasteiger partial charge in [-0.15, -0.1) is 11.3 Å². The molecule has 0 spiro atoms. The molecular formula is C16H28N2S. The molecule has 0 amide bonds. The van der Waals surface area contributed by atoms with Gasteiger partial charge in [0.05, 0.1) is 0 Å². The highest BCUT2D eigenvalue weighted by atomic mass is 32.1. The molecule has 1 aromatic rings. The Labute approximate surface area is 122 Å². The smallest absolute Gasteiger partial charge is 0.0413 e. The van der Waals surface area contributed by atoms with Gasteiger partial charge in [0.1, 0.15) is 0 Å². The molecule has 3 heteroatoms. The van der Waals surface area contributed by atoms with E-state index in [1.807, 2.05) is 11.3 Å². The lowest BCUT2D eigenvalue weighted by molar-refractivity contribution is 0.105. The Bertz CT molecular complexity index is 355. The molecule has 0 radical (unpaired) electrons. The zero-order valence-corrected chi connectivity index (χ0v) is 13.3. The molecule has 0 bridgehead atoms. The van der Waals surface area contributed by atoms with E-state index in [2.05, 4.69) is 43.3 Å². The minimum atomic E-state index is 0.480. The first-order chi connectivity index (χ1) is 9.13. The van der Waals surface area contributed by atoms with Crippen LogP contribution in [0, 0.1) is 11.8 Å². The summed E-state index contributed by atoms with van der Waals surface area (Å²) in [5, 5.41) is 2.17. The van der Waals surface area contributed by atoms with Crippen LogP contribution in [0.2, 0.25) is 0 Å². The highest BCUT2D eigenvalue weighted by Crippen LogP contribution is 2.34. The molecule has 1 aliphatic rings. The van der Waals surface area contributed by atoms with Gasteiger partial charge in [-0.2, -0.15) is 0 Å². The minimum Gasteiger partial charge on any atom is -0.329 e. The summed E-state index contributed by atoms with van der Waals surface area (Å²) in [5.41, 5.74) is 6.09. The predicted octanol–water partition coefficient (Wildman–Crippen LogP) is 3.89. The number of rotatable bonds is 5. The van der Waals surface area contributed by atoms with Crippen LogP contribution in [0.3, 0.4) is 0 Å². The summed E-state index contributed by atoms with van der Waals surface area (Å²) < 4.78 is 0. The van der Waals surface area contributed by atoms with E-state index in [0.717, 1.165) is 18.4 Å². The van der Waals surface area contributed by atoms with Crippen LogP contribution in [-0.2, 0) is 0 Å². The quantitative estimate of drug-likeness (QED) is 0.886. The average Bonchev–Trinajstić information content (AvgIpc) is 2.94. The van der Waals surface area contributed by atoms with Gasteiger partial charge >= 0.3 is 0 Å². The third kappa shape index (κ3) is 3.59. The number of hydrogen-bond donors (Lipinski definition) is 1. The van der Waals surface area contributed by atoms with Gasteiger partial charge in [0, 0.05) is 23.5 Å². The Morgan fingerprint density at radius 3 is 2.58 bits per heavy atom. The molecule has 0 saturated heterocycles. The molecule has 2 N–H and O–H groups in total. The summed E-state index contributed by atoms with van der Waals surface area (Å²) in [6.07, 6.45) is 5.46. The molecule has 0 aromatic carbocycles. The van der Waals surface area contributed by atoms with Crippen LogP contribution in [-0.4, -0.2) is 24.5 Å². The Hall–Kier alpha value is -0.380. The van der Waals surface area contributed by atoms with Gasteiger partial charge in [-0.3, -0.25) is 4.90 Å². The summed E-state index contributed by atoms with van der Waals surface area (Å²) in [6.45, 7) is 5.47. The van der Waals surface area contributed by atoms with Crippen molar-refractivity contribution in [1.29, 1.82) is 0 Å². The number of likely N-dealkylation sites (N-methyl/N-ethyl adjacent to an activating group) is 1. The highest BCUT2D eigenvalue weighted by Gasteiger charge is 2.30. The van der Waals surface area contributed by atoms with E-state index in [1.54, 1.807) is 0 Å². The van der Waals surface area contributed by atoms with Crippen LogP contribution < -0.4 is 5.73 Å². The van der Waals surface area contributed by atoms with Crippen LogP contribution in [0.4, 0.5) is 0 Å². The monoisotopic (exact) mass is 280 g/mol. The van der Waals surface area contributed by atoms with Crippen molar-refractivity contribution >= 4 is 11.3 Å². The topological polar surface area (TPSA) is 29.3 Å². The third-order valence-electron chi connectivity index (χ3n) is 4.94. The molecule has 1 heterocycles. The van der Waals surface area contributed by atoms with Crippen molar-refractivity contribution in [1.82, 2.24) is 4.90 Å². The second-order valence-electron chi connectivity index (χ2n) is 6.18. The summed E-state index contributed by atoms with van der Waals surface area (Å²) in [5.74, 6) is 1.70.